The quantitative estimate of drug-likeness (QED) is 0.800. The van der Waals surface area contributed by atoms with Gasteiger partial charge in [0.05, 0.1) is 5.56 Å². The Morgan fingerprint density at radius 3 is 2.67 bits per heavy atom. The van der Waals surface area contributed by atoms with Crippen molar-refractivity contribution in [1.29, 1.82) is 5.26 Å². The lowest BCUT2D eigenvalue weighted by Gasteiger charge is -2.25. The van der Waals surface area contributed by atoms with Crippen molar-refractivity contribution in [2.45, 2.75) is 26.8 Å². The first-order valence-electron chi connectivity index (χ1n) is 6.01. The van der Waals surface area contributed by atoms with E-state index in [9.17, 15) is 4.79 Å². The second-order valence-electron chi connectivity index (χ2n) is 4.17. The van der Waals surface area contributed by atoms with Crippen molar-refractivity contribution in [3.05, 3.63) is 29.8 Å². The molecular weight excluding hydrogens is 228 g/mol. The van der Waals surface area contributed by atoms with Gasteiger partial charge in [0, 0.05) is 12.6 Å². The van der Waals surface area contributed by atoms with Crippen molar-refractivity contribution < 1.29 is 9.53 Å². The van der Waals surface area contributed by atoms with E-state index in [1.807, 2.05) is 26.8 Å². The number of likely N-dealkylation sites (N-methyl/N-ethyl adjacent to an activating group) is 1. The number of ether oxygens (including phenoxy) is 1. The molecule has 0 heterocycles. The summed E-state index contributed by atoms with van der Waals surface area (Å²) < 4.78 is 5.41. The van der Waals surface area contributed by atoms with Crippen LogP contribution in [0.4, 0.5) is 0 Å². The van der Waals surface area contributed by atoms with Gasteiger partial charge in [-0.3, -0.25) is 4.79 Å². The number of carbonyl (C=O) groups excluding carboxylic acids is 1. The molecule has 0 fully saturated rings. The molecule has 0 unspecified atom stereocenters. The summed E-state index contributed by atoms with van der Waals surface area (Å²) in [6.07, 6.45) is 0. The summed E-state index contributed by atoms with van der Waals surface area (Å²) in [5, 5.41) is 8.90. The first-order valence-corrected chi connectivity index (χ1v) is 6.01. The standard InChI is InChI=1S/C14H18N2O2/c1-4-16(11(2)3)14(17)10-18-13-8-6-5-7-12(13)9-15/h5-8,11H,4,10H2,1-3H3. The van der Waals surface area contributed by atoms with Crippen LogP contribution in [0.2, 0.25) is 0 Å². The van der Waals surface area contributed by atoms with E-state index in [0.717, 1.165) is 0 Å². The first-order chi connectivity index (χ1) is 8.60. The Balaban J connectivity index is 2.65. The Morgan fingerprint density at radius 2 is 2.11 bits per heavy atom. The molecule has 1 rings (SSSR count). The first kappa shape index (κ1) is 14.0. The van der Waals surface area contributed by atoms with E-state index in [1.165, 1.54) is 0 Å². The molecule has 96 valence electrons. The van der Waals surface area contributed by atoms with E-state index < -0.39 is 0 Å². The van der Waals surface area contributed by atoms with Gasteiger partial charge in [0.15, 0.2) is 6.61 Å². The maximum Gasteiger partial charge on any atom is 0.260 e. The second kappa shape index (κ2) is 6.65. The molecule has 0 saturated carbocycles. The van der Waals surface area contributed by atoms with E-state index in [2.05, 4.69) is 0 Å². The summed E-state index contributed by atoms with van der Waals surface area (Å²) in [5.41, 5.74) is 0.442. The Bertz CT molecular complexity index is 449. The lowest BCUT2D eigenvalue weighted by atomic mass is 10.2. The van der Waals surface area contributed by atoms with Crippen LogP contribution in [0, 0.1) is 11.3 Å². The summed E-state index contributed by atoms with van der Waals surface area (Å²) in [5.74, 6) is 0.383. The van der Waals surface area contributed by atoms with Crippen molar-refractivity contribution >= 4 is 5.91 Å². The van der Waals surface area contributed by atoms with Gasteiger partial charge >= 0.3 is 0 Å². The van der Waals surface area contributed by atoms with Gasteiger partial charge < -0.3 is 9.64 Å². The zero-order valence-electron chi connectivity index (χ0n) is 11.0. The summed E-state index contributed by atoms with van der Waals surface area (Å²) in [6, 6.07) is 9.09. The highest BCUT2D eigenvalue weighted by atomic mass is 16.5. The fraction of sp³-hybridized carbons (Fsp3) is 0.429. The van der Waals surface area contributed by atoms with E-state index in [-0.39, 0.29) is 18.6 Å². The fourth-order valence-corrected chi connectivity index (χ4v) is 1.74. The largest absolute Gasteiger partial charge is 0.482 e. The highest BCUT2D eigenvalue weighted by Crippen LogP contribution is 2.16. The van der Waals surface area contributed by atoms with Gasteiger partial charge in [-0.2, -0.15) is 5.26 Å². The van der Waals surface area contributed by atoms with E-state index >= 15 is 0 Å². The Morgan fingerprint density at radius 1 is 1.44 bits per heavy atom. The van der Waals surface area contributed by atoms with Crippen molar-refractivity contribution in [2.24, 2.45) is 0 Å². The molecule has 4 nitrogen and oxygen atoms in total. The smallest absolute Gasteiger partial charge is 0.260 e. The van der Waals surface area contributed by atoms with Gasteiger partial charge in [-0.15, -0.1) is 0 Å². The van der Waals surface area contributed by atoms with E-state index in [0.29, 0.717) is 17.9 Å². The molecule has 0 N–H and O–H groups in total. The lowest BCUT2D eigenvalue weighted by Crippen LogP contribution is -2.39. The van der Waals surface area contributed by atoms with Gasteiger partial charge in [0.2, 0.25) is 0 Å². The van der Waals surface area contributed by atoms with Crippen LogP contribution >= 0.6 is 0 Å². The van der Waals surface area contributed by atoms with E-state index in [1.54, 1.807) is 29.2 Å². The van der Waals surface area contributed by atoms with Crippen LogP contribution in [0.5, 0.6) is 5.75 Å². The highest BCUT2D eigenvalue weighted by Gasteiger charge is 2.15. The molecule has 0 saturated heterocycles. The van der Waals surface area contributed by atoms with Crippen LogP contribution in [0.15, 0.2) is 24.3 Å². The molecule has 1 aromatic carbocycles. The number of para-hydroxylation sites is 1. The zero-order chi connectivity index (χ0) is 13.5. The maximum absolute atomic E-state index is 11.9. The number of nitriles is 1. The topological polar surface area (TPSA) is 53.3 Å². The van der Waals surface area contributed by atoms with Gasteiger partial charge in [-0.1, -0.05) is 12.1 Å². The summed E-state index contributed by atoms with van der Waals surface area (Å²) in [6.45, 7) is 6.47. The number of benzene rings is 1. The number of carbonyl (C=O) groups is 1. The number of rotatable bonds is 5. The van der Waals surface area contributed by atoms with Crippen LogP contribution in [0.3, 0.4) is 0 Å². The van der Waals surface area contributed by atoms with Crippen molar-refractivity contribution in [3.8, 4) is 11.8 Å². The fourth-order valence-electron chi connectivity index (χ4n) is 1.74. The molecule has 0 aliphatic heterocycles. The molecule has 1 aromatic rings. The molecule has 0 spiro atoms. The lowest BCUT2D eigenvalue weighted by molar-refractivity contribution is -0.134. The van der Waals surface area contributed by atoms with Crippen LogP contribution in [-0.4, -0.2) is 30.0 Å². The minimum atomic E-state index is -0.0692. The summed E-state index contributed by atoms with van der Waals surface area (Å²) >= 11 is 0. The summed E-state index contributed by atoms with van der Waals surface area (Å²) in [7, 11) is 0. The van der Waals surface area contributed by atoms with Crippen LogP contribution in [0.25, 0.3) is 0 Å². The second-order valence-corrected chi connectivity index (χ2v) is 4.17. The molecule has 4 heteroatoms. The van der Waals surface area contributed by atoms with Gasteiger partial charge in [-0.05, 0) is 32.9 Å². The highest BCUT2D eigenvalue weighted by molar-refractivity contribution is 5.78. The van der Waals surface area contributed by atoms with Crippen LogP contribution in [0.1, 0.15) is 26.3 Å². The molecule has 0 aliphatic carbocycles. The average molecular weight is 246 g/mol. The molecule has 1 amide bonds. The Labute approximate surface area is 108 Å². The van der Waals surface area contributed by atoms with Crippen molar-refractivity contribution in [1.82, 2.24) is 4.90 Å². The minimum absolute atomic E-state index is 0.0370. The molecule has 0 aliphatic rings. The van der Waals surface area contributed by atoms with E-state index in [4.69, 9.17) is 10.00 Å². The van der Waals surface area contributed by atoms with Crippen molar-refractivity contribution in [3.63, 3.8) is 0 Å². The summed E-state index contributed by atoms with van der Waals surface area (Å²) in [4.78, 5) is 13.6. The third-order valence-electron chi connectivity index (χ3n) is 2.64. The number of amides is 1. The molecule has 0 aromatic heterocycles. The molecule has 0 radical (unpaired) electrons. The average Bonchev–Trinajstić information content (AvgIpc) is 2.37. The van der Waals surface area contributed by atoms with Gasteiger partial charge in [0.25, 0.3) is 5.91 Å². The minimum Gasteiger partial charge on any atom is -0.482 e. The van der Waals surface area contributed by atoms with Crippen LogP contribution in [-0.2, 0) is 4.79 Å². The van der Waals surface area contributed by atoms with Crippen LogP contribution < -0.4 is 4.74 Å². The predicted octanol–water partition coefficient (Wildman–Crippen LogP) is 2.19. The predicted molar refractivity (Wildman–Crippen MR) is 69.2 cm³/mol. The van der Waals surface area contributed by atoms with Gasteiger partial charge in [-0.25, -0.2) is 0 Å². The molecule has 0 atom stereocenters. The number of hydrogen-bond acceptors (Lipinski definition) is 3. The molecule has 18 heavy (non-hydrogen) atoms. The molecular formula is C14H18N2O2. The zero-order valence-corrected chi connectivity index (χ0v) is 11.0. The Kier molecular flexibility index (Phi) is 5.19. The molecule has 0 bridgehead atoms. The number of nitrogens with zero attached hydrogens (tertiary/aromatic N) is 2. The maximum atomic E-state index is 11.9. The monoisotopic (exact) mass is 246 g/mol. The van der Waals surface area contributed by atoms with Gasteiger partial charge in [0.1, 0.15) is 11.8 Å². The van der Waals surface area contributed by atoms with Crippen molar-refractivity contribution in [2.75, 3.05) is 13.2 Å². The third-order valence-corrected chi connectivity index (χ3v) is 2.64. The SMILES string of the molecule is CCN(C(=O)COc1ccccc1C#N)C(C)C. The Hall–Kier alpha value is -2.02. The third kappa shape index (κ3) is 3.49. The normalized spacial score (nSPS) is 9.94. The number of hydrogen-bond donors (Lipinski definition) is 0.